The Balaban J connectivity index is 1.90. The van der Waals surface area contributed by atoms with Gasteiger partial charge in [0.25, 0.3) is 5.91 Å². The number of benzene rings is 2. The highest BCUT2D eigenvalue weighted by Gasteiger charge is 2.13. The van der Waals surface area contributed by atoms with Crippen LogP contribution in [-0.4, -0.2) is 20.9 Å². The van der Waals surface area contributed by atoms with Crippen LogP contribution >= 0.6 is 11.6 Å². The molecule has 1 heterocycles. The second-order valence-electron chi connectivity index (χ2n) is 4.66. The summed E-state index contributed by atoms with van der Waals surface area (Å²) in [6.07, 6.45) is 0. The minimum absolute atomic E-state index is 0.0369. The molecule has 3 rings (SSSR count). The molecular formula is C15H12ClFN4O. The second-order valence-corrected chi connectivity index (χ2v) is 5.07. The molecule has 3 aromatic rings. The first-order valence-corrected chi connectivity index (χ1v) is 7.06. The van der Waals surface area contributed by atoms with Gasteiger partial charge in [-0.15, -0.1) is 5.10 Å². The predicted octanol–water partition coefficient (Wildman–Crippen LogP) is 3.50. The van der Waals surface area contributed by atoms with Gasteiger partial charge in [-0.1, -0.05) is 22.9 Å². The first-order chi connectivity index (χ1) is 10.6. The number of hydrogen-bond donors (Lipinski definition) is 1. The third-order valence-electron chi connectivity index (χ3n) is 3.28. The summed E-state index contributed by atoms with van der Waals surface area (Å²) in [5, 5.41) is 10.4. The van der Waals surface area contributed by atoms with Gasteiger partial charge in [0.05, 0.1) is 16.2 Å². The monoisotopic (exact) mass is 318 g/mol. The molecule has 0 saturated heterocycles. The van der Waals surface area contributed by atoms with E-state index in [2.05, 4.69) is 15.6 Å². The van der Waals surface area contributed by atoms with Crippen molar-refractivity contribution in [1.82, 2.24) is 15.0 Å². The Morgan fingerprint density at radius 1 is 1.36 bits per heavy atom. The van der Waals surface area contributed by atoms with E-state index in [-0.39, 0.29) is 10.7 Å². The summed E-state index contributed by atoms with van der Waals surface area (Å²) in [4.78, 5) is 12.2. The van der Waals surface area contributed by atoms with Crippen LogP contribution in [0.4, 0.5) is 10.1 Å². The highest BCUT2D eigenvalue weighted by atomic mass is 35.5. The SMILES string of the molecule is CCn1nnc2cc(C(=O)Nc3cccc(Cl)c3F)ccc21. The molecule has 0 unspecified atom stereocenters. The number of carbonyl (C=O) groups is 1. The first-order valence-electron chi connectivity index (χ1n) is 6.68. The molecular weight excluding hydrogens is 307 g/mol. The van der Waals surface area contributed by atoms with Gasteiger partial charge < -0.3 is 5.32 Å². The molecule has 112 valence electrons. The number of fused-ring (bicyclic) bond motifs is 1. The third-order valence-corrected chi connectivity index (χ3v) is 3.57. The van der Waals surface area contributed by atoms with E-state index in [1.165, 1.54) is 12.1 Å². The molecule has 0 radical (unpaired) electrons. The number of anilines is 1. The molecule has 0 aliphatic rings. The smallest absolute Gasteiger partial charge is 0.255 e. The number of aromatic nitrogens is 3. The number of amides is 1. The van der Waals surface area contributed by atoms with E-state index in [0.717, 1.165) is 5.52 Å². The third kappa shape index (κ3) is 2.53. The summed E-state index contributed by atoms with van der Waals surface area (Å²) in [7, 11) is 0. The van der Waals surface area contributed by atoms with Crippen LogP contribution in [0.25, 0.3) is 11.0 Å². The number of carbonyl (C=O) groups excluding carboxylic acids is 1. The van der Waals surface area contributed by atoms with Crippen molar-refractivity contribution in [3.8, 4) is 0 Å². The van der Waals surface area contributed by atoms with E-state index >= 15 is 0 Å². The highest BCUT2D eigenvalue weighted by molar-refractivity contribution is 6.31. The van der Waals surface area contributed by atoms with Crippen LogP contribution < -0.4 is 5.32 Å². The molecule has 5 nitrogen and oxygen atoms in total. The summed E-state index contributed by atoms with van der Waals surface area (Å²) < 4.78 is 15.5. The normalized spacial score (nSPS) is 10.9. The molecule has 2 aromatic carbocycles. The van der Waals surface area contributed by atoms with Gasteiger partial charge >= 0.3 is 0 Å². The van der Waals surface area contributed by atoms with E-state index in [0.29, 0.717) is 17.6 Å². The van der Waals surface area contributed by atoms with Crippen molar-refractivity contribution in [2.45, 2.75) is 13.5 Å². The van der Waals surface area contributed by atoms with Gasteiger partial charge in [-0.3, -0.25) is 4.79 Å². The van der Waals surface area contributed by atoms with Crippen molar-refractivity contribution in [2.24, 2.45) is 0 Å². The molecule has 0 aliphatic heterocycles. The number of rotatable bonds is 3. The van der Waals surface area contributed by atoms with Crippen molar-refractivity contribution in [3.05, 3.63) is 52.8 Å². The minimum Gasteiger partial charge on any atom is -0.319 e. The molecule has 0 spiro atoms. The van der Waals surface area contributed by atoms with E-state index in [4.69, 9.17) is 11.6 Å². The fourth-order valence-electron chi connectivity index (χ4n) is 2.14. The Morgan fingerprint density at radius 2 is 2.18 bits per heavy atom. The van der Waals surface area contributed by atoms with Gasteiger partial charge in [-0.05, 0) is 37.3 Å². The van der Waals surface area contributed by atoms with Crippen molar-refractivity contribution in [2.75, 3.05) is 5.32 Å². The Kier molecular flexibility index (Phi) is 3.77. The Bertz CT molecular complexity index is 862. The van der Waals surface area contributed by atoms with E-state index in [9.17, 15) is 9.18 Å². The van der Waals surface area contributed by atoms with Gasteiger partial charge in [0.1, 0.15) is 5.52 Å². The van der Waals surface area contributed by atoms with Crippen molar-refractivity contribution >= 4 is 34.2 Å². The van der Waals surface area contributed by atoms with E-state index in [1.54, 1.807) is 28.9 Å². The minimum atomic E-state index is -0.657. The lowest BCUT2D eigenvalue weighted by molar-refractivity contribution is 0.102. The van der Waals surface area contributed by atoms with Crippen LogP contribution in [0.15, 0.2) is 36.4 Å². The summed E-state index contributed by atoms with van der Waals surface area (Å²) in [5.74, 6) is -1.09. The molecule has 0 saturated carbocycles. The molecule has 22 heavy (non-hydrogen) atoms. The number of hydrogen-bond acceptors (Lipinski definition) is 3. The van der Waals surface area contributed by atoms with Crippen LogP contribution in [0, 0.1) is 5.82 Å². The van der Waals surface area contributed by atoms with Crippen molar-refractivity contribution in [3.63, 3.8) is 0 Å². The van der Waals surface area contributed by atoms with Crippen molar-refractivity contribution in [1.29, 1.82) is 0 Å². The quantitative estimate of drug-likeness (QED) is 0.804. The van der Waals surface area contributed by atoms with Gasteiger partial charge in [0.15, 0.2) is 5.82 Å². The predicted molar refractivity (Wildman–Crippen MR) is 82.6 cm³/mol. The molecule has 1 amide bonds. The van der Waals surface area contributed by atoms with Gasteiger partial charge in [0, 0.05) is 12.1 Å². The zero-order chi connectivity index (χ0) is 15.7. The van der Waals surface area contributed by atoms with Crippen LogP contribution in [-0.2, 0) is 6.54 Å². The number of aryl methyl sites for hydroxylation is 1. The molecule has 0 aliphatic carbocycles. The van der Waals surface area contributed by atoms with Crippen molar-refractivity contribution < 1.29 is 9.18 Å². The average Bonchev–Trinajstić information content (AvgIpc) is 2.94. The lowest BCUT2D eigenvalue weighted by Crippen LogP contribution is -2.13. The maximum atomic E-state index is 13.8. The highest BCUT2D eigenvalue weighted by Crippen LogP contribution is 2.23. The maximum Gasteiger partial charge on any atom is 0.255 e. The summed E-state index contributed by atoms with van der Waals surface area (Å²) in [6, 6.07) is 9.47. The number of nitrogens with one attached hydrogen (secondary N) is 1. The maximum absolute atomic E-state index is 13.8. The Labute approximate surface area is 130 Å². The van der Waals surface area contributed by atoms with Gasteiger partial charge in [0.2, 0.25) is 0 Å². The molecule has 0 fully saturated rings. The second kappa shape index (κ2) is 5.73. The lowest BCUT2D eigenvalue weighted by Gasteiger charge is -2.07. The number of nitrogens with zero attached hydrogens (tertiary/aromatic N) is 3. The molecule has 1 N–H and O–H groups in total. The summed E-state index contributed by atoms with van der Waals surface area (Å²) in [6.45, 7) is 2.65. The average molecular weight is 319 g/mol. The van der Waals surface area contributed by atoms with Crippen LogP contribution in [0.5, 0.6) is 0 Å². The molecule has 1 aromatic heterocycles. The summed E-state index contributed by atoms with van der Waals surface area (Å²) >= 11 is 5.69. The van der Waals surface area contributed by atoms with Gasteiger partial charge in [-0.25, -0.2) is 9.07 Å². The molecule has 0 bridgehead atoms. The van der Waals surface area contributed by atoms with E-state index in [1.807, 2.05) is 6.92 Å². The largest absolute Gasteiger partial charge is 0.319 e. The van der Waals surface area contributed by atoms with Gasteiger partial charge in [-0.2, -0.15) is 0 Å². The topological polar surface area (TPSA) is 59.8 Å². The number of halogens is 2. The van der Waals surface area contributed by atoms with Crippen LogP contribution in [0.2, 0.25) is 5.02 Å². The first kappa shape index (κ1) is 14.5. The van der Waals surface area contributed by atoms with Crippen LogP contribution in [0.1, 0.15) is 17.3 Å². The molecule has 7 heteroatoms. The molecule has 0 atom stereocenters. The lowest BCUT2D eigenvalue weighted by atomic mass is 10.1. The fourth-order valence-corrected chi connectivity index (χ4v) is 2.32. The standard InChI is InChI=1S/C15H12ClFN4O/c1-2-21-13-7-6-9(8-12(13)19-20-21)15(22)18-11-5-3-4-10(16)14(11)17/h3-8H,2H2,1H3,(H,18,22). The Hall–Kier alpha value is -2.47. The van der Waals surface area contributed by atoms with E-state index < -0.39 is 11.7 Å². The zero-order valence-corrected chi connectivity index (χ0v) is 12.4. The summed E-state index contributed by atoms with van der Waals surface area (Å²) in [5.41, 5.74) is 1.86. The van der Waals surface area contributed by atoms with Crippen LogP contribution in [0.3, 0.4) is 0 Å². The zero-order valence-electron chi connectivity index (χ0n) is 11.7. The Morgan fingerprint density at radius 3 is 2.95 bits per heavy atom. The fraction of sp³-hybridized carbons (Fsp3) is 0.133.